The van der Waals surface area contributed by atoms with Crippen LogP contribution in [-0.4, -0.2) is 13.7 Å². The lowest BCUT2D eigenvalue weighted by molar-refractivity contribution is 0.414. The number of ether oxygens (including phenoxy) is 1. The maximum absolute atomic E-state index is 6.08. The summed E-state index contributed by atoms with van der Waals surface area (Å²) in [4.78, 5) is 0. The number of methoxy groups -OCH3 is 1. The first-order chi connectivity index (χ1) is 6.74. The predicted octanol–water partition coefficient (Wildman–Crippen LogP) is 1.82. The van der Waals surface area contributed by atoms with Crippen LogP contribution < -0.4 is 15.8 Å². The van der Waals surface area contributed by atoms with E-state index in [-0.39, 0.29) is 6.04 Å². The molecule has 0 aromatic heterocycles. The average Bonchev–Trinajstić information content (AvgIpc) is 2.18. The summed E-state index contributed by atoms with van der Waals surface area (Å²) >= 11 is 0. The van der Waals surface area contributed by atoms with Crippen molar-refractivity contribution >= 4 is 5.69 Å². The van der Waals surface area contributed by atoms with Crippen molar-refractivity contribution in [2.24, 2.45) is 5.73 Å². The largest absolute Gasteiger partial charge is 0.495 e. The van der Waals surface area contributed by atoms with E-state index in [0.717, 1.165) is 24.4 Å². The van der Waals surface area contributed by atoms with Gasteiger partial charge in [-0.2, -0.15) is 0 Å². The number of hydrogen-bond donors (Lipinski definition) is 2. The van der Waals surface area contributed by atoms with Crippen molar-refractivity contribution in [1.82, 2.24) is 0 Å². The summed E-state index contributed by atoms with van der Waals surface area (Å²) in [6.45, 7) is 3.01. The Hall–Kier alpha value is -1.22. The number of anilines is 1. The van der Waals surface area contributed by atoms with E-state index in [4.69, 9.17) is 10.5 Å². The lowest BCUT2D eigenvalue weighted by atomic mass is 9.94. The van der Waals surface area contributed by atoms with E-state index in [1.807, 2.05) is 6.07 Å². The lowest BCUT2D eigenvalue weighted by Gasteiger charge is -2.27. The van der Waals surface area contributed by atoms with E-state index in [1.54, 1.807) is 7.11 Å². The van der Waals surface area contributed by atoms with Crippen LogP contribution in [0, 0.1) is 6.92 Å². The zero-order valence-corrected chi connectivity index (χ0v) is 8.63. The fourth-order valence-corrected chi connectivity index (χ4v) is 2.03. The zero-order valence-electron chi connectivity index (χ0n) is 8.63. The van der Waals surface area contributed by atoms with Gasteiger partial charge in [0.15, 0.2) is 0 Å². The molecule has 0 saturated heterocycles. The van der Waals surface area contributed by atoms with Crippen molar-refractivity contribution in [2.45, 2.75) is 19.4 Å². The average molecular weight is 192 g/mol. The number of benzene rings is 1. The van der Waals surface area contributed by atoms with Crippen molar-refractivity contribution in [2.75, 3.05) is 19.0 Å². The Labute approximate surface area is 84.3 Å². The van der Waals surface area contributed by atoms with Crippen LogP contribution in [0.25, 0.3) is 0 Å². The van der Waals surface area contributed by atoms with E-state index >= 15 is 0 Å². The van der Waals surface area contributed by atoms with Gasteiger partial charge in [0.1, 0.15) is 5.75 Å². The normalized spacial score (nSPS) is 19.8. The van der Waals surface area contributed by atoms with E-state index < -0.39 is 0 Å². The second-order valence-corrected chi connectivity index (χ2v) is 3.70. The molecule has 0 amide bonds. The van der Waals surface area contributed by atoms with Gasteiger partial charge in [-0.25, -0.2) is 0 Å². The van der Waals surface area contributed by atoms with Crippen LogP contribution in [0.2, 0.25) is 0 Å². The van der Waals surface area contributed by atoms with Crippen molar-refractivity contribution in [3.05, 3.63) is 23.3 Å². The van der Waals surface area contributed by atoms with Crippen LogP contribution >= 0.6 is 0 Å². The first kappa shape index (κ1) is 9.34. The summed E-state index contributed by atoms with van der Waals surface area (Å²) in [5.74, 6) is 0.890. The summed E-state index contributed by atoms with van der Waals surface area (Å²) in [6, 6.07) is 4.19. The molecule has 0 radical (unpaired) electrons. The summed E-state index contributed by atoms with van der Waals surface area (Å²) in [5.41, 5.74) is 9.59. The molecule has 14 heavy (non-hydrogen) atoms. The van der Waals surface area contributed by atoms with Gasteiger partial charge >= 0.3 is 0 Å². The van der Waals surface area contributed by atoms with Gasteiger partial charge in [0.05, 0.1) is 12.8 Å². The van der Waals surface area contributed by atoms with Crippen molar-refractivity contribution in [1.29, 1.82) is 0 Å². The number of rotatable bonds is 1. The molecule has 0 bridgehead atoms. The van der Waals surface area contributed by atoms with Crippen LogP contribution in [0.15, 0.2) is 12.1 Å². The molecule has 0 fully saturated rings. The molecule has 1 unspecified atom stereocenters. The summed E-state index contributed by atoms with van der Waals surface area (Å²) in [6.07, 6.45) is 0.987. The quantitative estimate of drug-likeness (QED) is 0.713. The molecule has 3 nitrogen and oxygen atoms in total. The highest BCUT2D eigenvalue weighted by atomic mass is 16.5. The maximum atomic E-state index is 6.08. The van der Waals surface area contributed by atoms with Gasteiger partial charge in [0.2, 0.25) is 0 Å². The molecule has 0 aliphatic carbocycles. The Balaban J connectivity index is 2.57. The fraction of sp³-hybridized carbons (Fsp3) is 0.455. The third kappa shape index (κ3) is 1.34. The Morgan fingerprint density at radius 3 is 3.00 bits per heavy atom. The van der Waals surface area contributed by atoms with Crippen LogP contribution in [0.1, 0.15) is 23.6 Å². The topological polar surface area (TPSA) is 47.3 Å². The minimum atomic E-state index is 0.140. The smallest absolute Gasteiger partial charge is 0.142 e. The Bertz CT molecular complexity index is 349. The van der Waals surface area contributed by atoms with Gasteiger partial charge in [-0.05, 0) is 30.5 Å². The minimum absolute atomic E-state index is 0.140. The third-order valence-electron chi connectivity index (χ3n) is 2.77. The number of fused-ring (bicyclic) bond motifs is 1. The Kier molecular flexibility index (Phi) is 2.33. The molecule has 0 saturated carbocycles. The second kappa shape index (κ2) is 3.50. The molecule has 1 aromatic carbocycles. The van der Waals surface area contributed by atoms with Crippen LogP contribution in [0.4, 0.5) is 5.69 Å². The molecular weight excluding hydrogens is 176 g/mol. The zero-order chi connectivity index (χ0) is 10.1. The minimum Gasteiger partial charge on any atom is -0.495 e. The van der Waals surface area contributed by atoms with Gasteiger partial charge in [-0.3, -0.25) is 0 Å². The van der Waals surface area contributed by atoms with E-state index in [0.29, 0.717) is 0 Å². The van der Waals surface area contributed by atoms with Gasteiger partial charge in [-0.15, -0.1) is 0 Å². The molecule has 1 aliphatic heterocycles. The molecule has 1 aliphatic rings. The van der Waals surface area contributed by atoms with Gasteiger partial charge in [0.25, 0.3) is 0 Å². The van der Waals surface area contributed by atoms with Gasteiger partial charge in [-0.1, -0.05) is 6.07 Å². The SMILES string of the molecule is COc1ccc(C)c2c1NCCC2N. The summed E-state index contributed by atoms with van der Waals surface area (Å²) < 4.78 is 5.30. The molecular formula is C11H16N2O. The van der Waals surface area contributed by atoms with Crippen LogP contribution in [0.5, 0.6) is 5.75 Å². The molecule has 0 spiro atoms. The summed E-state index contributed by atoms with van der Waals surface area (Å²) in [5, 5.41) is 3.35. The highest BCUT2D eigenvalue weighted by molar-refractivity contribution is 5.66. The van der Waals surface area contributed by atoms with Gasteiger partial charge in [0, 0.05) is 12.6 Å². The standard InChI is InChI=1S/C11H16N2O/c1-7-3-4-9(14-2)11-10(7)8(12)5-6-13-11/h3-4,8,13H,5-6,12H2,1-2H3. The number of nitrogens with two attached hydrogens (primary N) is 1. The first-order valence-electron chi connectivity index (χ1n) is 4.91. The second-order valence-electron chi connectivity index (χ2n) is 3.70. The highest BCUT2D eigenvalue weighted by Gasteiger charge is 2.21. The third-order valence-corrected chi connectivity index (χ3v) is 2.77. The molecule has 2 rings (SSSR count). The Morgan fingerprint density at radius 2 is 2.29 bits per heavy atom. The van der Waals surface area contributed by atoms with Gasteiger partial charge < -0.3 is 15.8 Å². The monoisotopic (exact) mass is 192 g/mol. The fourth-order valence-electron chi connectivity index (χ4n) is 2.03. The van der Waals surface area contributed by atoms with Crippen molar-refractivity contribution in [3.8, 4) is 5.75 Å². The van der Waals surface area contributed by atoms with Crippen molar-refractivity contribution in [3.63, 3.8) is 0 Å². The van der Waals surface area contributed by atoms with Crippen LogP contribution in [-0.2, 0) is 0 Å². The predicted molar refractivity (Wildman–Crippen MR) is 57.8 cm³/mol. The maximum Gasteiger partial charge on any atom is 0.142 e. The first-order valence-corrected chi connectivity index (χ1v) is 4.91. The molecule has 3 N–H and O–H groups in total. The number of aryl methyl sites for hydroxylation is 1. The van der Waals surface area contributed by atoms with E-state index in [2.05, 4.69) is 18.3 Å². The summed E-state index contributed by atoms with van der Waals surface area (Å²) in [7, 11) is 1.69. The molecule has 1 aromatic rings. The Morgan fingerprint density at radius 1 is 1.50 bits per heavy atom. The van der Waals surface area contributed by atoms with Crippen LogP contribution in [0.3, 0.4) is 0 Å². The highest BCUT2D eigenvalue weighted by Crippen LogP contribution is 2.37. The molecule has 1 heterocycles. The number of hydrogen-bond acceptors (Lipinski definition) is 3. The number of nitrogens with one attached hydrogen (secondary N) is 1. The van der Waals surface area contributed by atoms with Crippen molar-refractivity contribution < 1.29 is 4.74 Å². The van der Waals surface area contributed by atoms with E-state index in [1.165, 1.54) is 11.1 Å². The molecule has 3 heteroatoms. The lowest BCUT2D eigenvalue weighted by Crippen LogP contribution is -2.23. The molecule has 76 valence electrons. The molecule has 1 atom stereocenters. The van der Waals surface area contributed by atoms with E-state index in [9.17, 15) is 0 Å².